The molecular formula is C14H23N5O3S. The Morgan fingerprint density at radius 1 is 1.35 bits per heavy atom. The van der Waals surface area contributed by atoms with Crippen LogP contribution in [0.5, 0.6) is 0 Å². The van der Waals surface area contributed by atoms with E-state index in [1.54, 1.807) is 38.4 Å². The van der Waals surface area contributed by atoms with Crippen LogP contribution in [-0.4, -0.2) is 79.3 Å². The summed E-state index contributed by atoms with van der Waals surface area (Å²) in [6, 6.07) is -0.0735. The minimum absolute atomic E-state index is 0.0607. The number of sulfone groups is 1. The van der Waals surface area contributed by atoms with Crippen LogP contribution < -0.4 is 5.32 Å². The van der Waals surface area contributed by atoms with Gasteiger partial charge in [-0.3, -0.25) is 9.69 Å². The Hall–Kier alpha value is -1.74. The molecule has 1 aliphatic rings. The molecule has 0 aliphatic carbocycles. The summed E-state index contributed by atoms with van der Waals surface area (Å²) in [5.74, 6) is 0.820. The van der Waals surface area contributed by atoms with Crippen LogP contribution >= 0.6 is 0 Å². The fraction of sp³-hybridized carbons (Fsp3) is 0.643. The highest BCUT2D eigenvalue weighted by molar-refractivity contribution is 7.91. The molecule has 2 rings (SSSR count). The summed E-state index contributed by atoms with van der Waals surface area (Å²) in [4.78, 5) is 23.9. The highest BCUT2D eigenvalue weighted by Crippen LogP contribution is 2.16. The number of hydrogen-bond acceptors (Lipinski definition) is 7. The van der Waals surface area contributed by atoms with Crippen LogP contribution in [0.2, 0.25) is 0 Å². The lowest BCUT2D eigenvalue weighted by Gasteiger charge is -2.25. The van der Waals surface area contributed by atoms with Gasteiger partial charge >= 0.3 is 0 Å². The van der Waals surface area contributed by atoms with Gasteiger partial charge in [0.1, 0.15) is 0 Å². The van der Waals surface area contributed by atoms with Crippen LogP contribution in [0.1, 0.15) is 12.0 Å². The van der Waals surface area contributed by atoms with Crippen LogP contribution in [0.3, 0.4) is 0 Å². The number of likely N-dealkylation sites (N-methyl/N-ethyl adjacent to an activating group) is 2. The second kappa shape index (κ2) is 7.22. The minimum Gasteiger partial charge on any atom is -0.357 e. The third-order valence-electron chi connectivity index (χ3n) is 3.99. The van der Waals surface area contributed by atoms with Crippen LogP contribution in [0, 0.1) is 0 Å². The molecule has 0 saturated carbocycles. The van der Waals surface area contributed by atoms with E-state index in [2.05, 4.69) is 15.3 Å². The number of amides is 1. The average Bonchev–Trinajstić information content (AvgIpc) is 2.88. The monoisotopic (exact) mass is 341 g/mol. The molecule has 0 unspecified atom stereocenters. The van der Waals surface area contributed by atoms with E-state index >= 15 is 0 Å². The number of hydrogen-bond donors (Lipinski definition) is 1. The Kier molecular flexibility index (Phi) is 5.53. The molecule has 0 radical (unpaired) electrons. The Bertz CT molecular complexity index is 647. The lowest BCUT2D eigenvalue weighted by molar-refractivity contribution is -0.131. The van der Waals surface area contributed by atoms with E-state index in [1.165, 1.54) is 0 Å². The third-order valence-corrected chi connectivity index (χ3v) is 5.74. The van der Waals surface area contributed by atoms with Crippen molar-refractivity contribution in [3.8, 4) is 0 Å². The van der Waals surface area contributed by atoms with E-state index in [-0.39, 0.29) is 30.0 Å². The third kappa shape index (κ3) is 4.87. The molecule has 0 bridgehead atoms. The molecule has 1 atom stereocenters. The van der Waals surface area contributed by atoms with Crippen molar-refractivity contribution >= 4 is 21.7 Å². The Balaban J connectivity index is 1.86. The zero-order chi connectivity index (χ0) is 17.0. The SMILES string of the molecule is CNc1ncc(CN(C)C(=O)CN(C)[C@@H]2CCS(=O)(=O)C2)cn1. The number of carbonyl (C=O) groups excluding carboxylic acids is 1. The van der Waals surface area contributed by atoms with E-state index in [0.717, 1.165) is 5.56 Å². The molecule has 1 saturated heterocycles. The van der Waals surface area contributed by atoms with Crippen LogP contribution in [0.4, 0.5) is 5.95 Å². The normalized spacial score (nSPS) is 19.7. The molecule has 0 spiro atoms. The standard InChI is InChI=1S/C14H23N5O3S/c1-15-14-16-6-11(7-17-14)8-19(3)13(20)9-18(2)12-4-5-23(21,22)10-12/h6-7,12H,4-5,8-10H2,1-3H3,(H,15,16,17)/t12-/m1/s1. The van der Waals surface area contributed by atoms with Gasteiger partial charge in [0, 0.05) is 44.6 Å². The minimum atomic E-state index is -2.94. The summed E-state index contributed by atoms with van der Waals surface area (Å²) in [5.41, 5.74) is 0.839. The summed E-state index contributed by atoms with van der Waals surface area (Å²) in [6.45, 7) is 0.617. The Labute approximate surface area is 136 Å². The lowest BCUT2D eigenvalue weighted by Crippen LogP contribution is -2.41. The molecule has 128 valence electrons. The van der Waals surface area contributed by atoms with E-state index in [9.17, 15) is 13.2 Å². The zero-order valence-electron chi connectivity index (χ0n) is 13.7. The molecule has 1 fully saturated rings. The summed E-state index contributed by atoms with van der Waals surface area (Å²) >= 11 is 0. The second-order valence-corrected chi connectivity index (χ2v) is 8.12. The summed E-state index contributed by atoms with van der Waals surface area (Å²) in [6.07, 6.45) is 3.95. The highest BCUT2D eigenvalue weighted by Gasteiger charge is 2.31. The van der Waals surface area contributed by atoms with Gasteiger partial charge in [0.15, 0.2) is 9.84 Å². The Morgan fingerprint density at radius 2 is 2.00 bits per heavy atom. The van der Waals surface area contributed by atoms with Crippen LogP contribution in [-0.2, 0) is 21.2 Å². The van der Waals surface area contributed by atoms with Crippen molar-refractivity contribution in [1.82, 2.24) is 19.8 Å². The van der Waals surface area contributed by atoms with Crippen LogP contribution in [0.15, 0.2) is 12.4 Å². The molecule has 1 aliphatic heterocycles. The quantitative estimate of drug-likeness (QED) is 0.752. The smallest absolute Gasteiger partial charge is 0.236 e. The van der Waals surface area contributed by atoms with Crippen molar-refractivity contribution < 1.29 is 13.2 Å². The van der Waals surface area contributed by atoms with Gasteiger partial charge in [-0.05, 0) is 13.5 Å². The molecule has 1 aromatic heterocycles. The fourth-order valence-corrected chi connectivity index (χ4v) is 4.32. The molecule has 2 heterocycles. The van der Waals surface area contributed by atoms with Gasteiger partial charge in [-0.1, -0.05) is 0 Å². The molecule has 1 amide bonds. The summed E-state index contributed by atoms with van der Waals surface area (Å²) in [5, 5.41) is 2.84. The van der Waals surface area contributed by atoms with Crippen molar-refractivity contribution in [3.05, 3.63) is 18.0 Å². The maximum absolute atomic E-state index is 12.3. The summed E-state index contributed by atoms with van der Waals surface area (Å²) < 4.78 is 23.0. The molecule has 23 heavy (non-hydrogen) atoms. The van der Waals surface area contributed by atoms with Gasteiger partial charge < -0.3 is 10.2 Å². The molecule has 0 aromatic carbocycles. The number of aromatic nitrogens is 2. The predicted octanol–water partition coefficient (Wildman–Crippen LogP) is -0.404. The van der Waals surface area contributed by atoms with E-state index < -0.39 is 9.84 Å². The van der Waals surface area contributed by atoms with Crippen molar-refractivity contribution in [2.24, 2.45) is 0 Å². The van der Waals surface area contributed by atoms with E-state index in [4.69, 9.17) is 0 Å². The van der Waals surface area contributed by atoms with Gasteiger partial charge in [0.2, 0.25) is 11.9 Å². The van der Waals surface area contributed by atoms with E-state index in [0.29, 0.717) is 18.9 Å². The van der Waals surface area contributed by atoms with Crippen LogP contribution in [0.25, 0.3) is 0 Å². The molecular weight excluding hydrogens is 318 g/mol. The first-order chi connectivity index (χ1) is 10.8. The van der Waals surface area contributed by atoms with Gasteiger partial charge in [-0.2, -0.15) is 0 Å². The molecule has 9 heteroatoms. The highest BCUT2D eigenvalue weighted by atomic mass is 32.2. The summed E-state index contributed by atoms with van der Waals surface area (Å²) in [7, 11) is 2.31. The lowest BCUT2D eigenvalue weighted by atomic mass is 10.2. The molecule has 1 N–H and O–H groups in total. The molecule has 8 nitrogen and oxygen atoms in total. The van der Waals surface area contributed by atoms with Crippen molar-refractivity contribution in [3.63, 3.8) is 0 Å². The number of rotatable bonds is 6. The number of nitrogens with zero attached hydrogens (tertiary/aromatic N) is 4. The maximum atomic E-state index is 12.3. The second-order valence-electron chi connectivity index (χ2n) is 5.89. The first-order valence-corrected chi connectivity index (χ1v) is 9.26. The first kappa shape index (κ1) is 17.6. The largest absolute Gasteiger partial charge is 0.357 e. The van der Waals surface area contributed by atoms with Crippen molar-refractivity contribution in [2.45, 2.75) is 19.0 Å². The number of nitrogens with one attached hydrogen (secondary N) is 1. The first-order valence-electron chi connectivity index (χ1n) is 7.44. The number of anilines is 1. The van der Waals surface area contributed by atoms with Crippen molar-refractivity contribution in [1.29, 1.82) is 0 Å². The average molecular weight is 341 g/mol. The van der Waals surface area contributed by atoms with E-state index in [1.807, 2.05) is 4.90 Å². The van der Waals surface area contributed by atoms with Gasteiger partial charge in [0.05, 0.1) is 18.1 Å². The predicted molar refractivity (Wildman–Crippen MR) is 87.7 cm³/mol. The van der Waals surface area contributed by atoms with Gasteiger partial charge in [-0.25, -0.2) is 18.4 Å². The maximum Gasteiger partial charge on any atom is 0.236 e. The fourth-order valence-electron chi connectivity index (χ4n) is 2.51. The van der Waals surface area contributed by atoms with Gasteiger partial charge in [-0.15, -0.1) is 0 Å². The zero-order valence-corrected chi connectivity index (χ0v) is 14.5. The number of carbonyl (C=O) groups is 1. The topological polar surface area (TPSA) is 95.5 Å². The molecule has 1 aromatic rings. The van der Waals surface area contributed by atoms with Crippen molar-refractivity contribution in [2.75, 3.05) is 44.5 Å². The Morgan fingerprint density at radius 3 is 2.52 bits per heavy atom. The van der Waals surface area contributed by atoms with Gasteiger partial charge in [0.25, 0.3) is 0 Å².